The molecule has 0 fully saturated rings. The molecule has 2 rings (SSSR count). The molecule has 110 valence electrons. The highest BCUT2D eigenvalue weighted by molar-refractivity contribution is 9.10. The van der Waals surface area contributed by atoms with Crippen LogP contribution in [0.15, 0.2) is 44.3 Å². The number of furan rings is 1. The van der Waals surface area contributed by atoms with E-state index in [0.717, 1.165) is 15.7 Å². The van der Waals surface area contributed by atoms with Crippen LogP contribution in [0.3, 0.4) is 0 Å². The van der Waals surface area contributed by atoms with E-state index in [1.54, 1.807) is 25.3 Å². The quantitative estimate of drug-likeness (QED) is 0.681. The van der Waals surface area contributed by atoms with Gasteiger partial charge in [-0.25, -0.2) is 5.43 Å². The van der Waals surface area contributed by atoms with Gasteiger partial charge in [-0.1, -0.05) is 6.07 Å². The average Bonchev–Trinajstić information content (AvgIpc) is 2.85. The maximum Gasteiger partial charge on any atom is 0.307 e. The molecule has 1 aromatic carbocycles. The second-order valence-corrected chi connectivity index (χ2v) is 5.57. The lowest BCUT2D eigenvalue weighted by atomic mass is 10.2. The van der Waals surface area contributed by atoms with Crippen LogP contribution >= 0.6 is 15.9 Å². The third-order valence-corrected chi connectivity index (χ3v) is 3.43. The number of halogens is 1. The van der Waals surface area contributed by atoms with Crippen molar-refractivity contribution in [2.75, 3.05) is 19.0 Å². The maximum atomic E-state index is 11.7. The standard InChI is InChI=1S/C15H16BrN3O2/c1-10-4-7-14(21-10)15(20)18-17-9-11-5-6-13(19(2)3)12(16)8-11/h4-9H,1-3H3,(H,18,20)/b17-9-. The number of nitrogens with zero attached hydrogens (tertiary/aromatic N) is 2. The molecule has 1 heterocycles. The van der Waals surface area contributed by atoms with Gasteiger partial charge in [0, 0.05) is 18.6 Å². The molecule has 0 bridgehead atoms. The third-order valence-electron chi connectivity index (χ3n) is 2.80. The summed E-state index contributed by atoms with van der Waals surface area (Å²) in [6.07, 6.45) is 1.58. The number of aryl methyl sites for hydroxylation is 1. The van der Waals surface area contributed by atoms with Gasteiger partial charge in [-0.3, -0.25) is 4.79 Å². The summed E-state index contributed by atoms with van der Waals surface area (Å²) in [5.41, 5.74) is 4.38. The van der Waals surface area contributed by atoms with E-state index in [-0.39, 0.29) is 11.7 Å². The largest absolute Gasteiger partial charge is 0.456 e. The summed E-state index contributed by atoms with van der Waals surface area (Å²) < 4.78 is 6.17. The zero-order valence-corrected chi connectivity index (χ0v) is 13.6. The molecule has 1 aromatic heterocycles. The minimum Gasteiger partial charge on any atom is -0.456 e. The summed E-state index contributed by atoms with van der Waals surface area (Å²) in [5.74, 6) is 0.560. The highest BCUT2D eigenvalue weighted by Gasteiger charge is 2.08. The van der Waals surface area contributed by atoms with Crippen molar-refractivity contribution < 1.29 is 9.21 Å². The number of benzene rings is 1. The molecule has 0 atom stereocenters. The molecule has 0 aliphatic carbocycles. The topological polar surface area (TPSA) is 57.8 Å². The molecule has 0 aliphatic rings. The predicted molar refractivity (Wildman–Crippen MR) is 87.0 cm³/mol. The van der Waals surface area contributed by atoms with E-state index in [9.17, 15) is 4.79 Å². The van der Waals surface area contributed by atoms with E-state index in [2.05, 4.69) is 26.5 Å². The second-order valence-electron chi connectivity index (χ2n) is 4.71. The molecule has 5 nitrogen and oxygen atoms in total. The highest BCUT2D eigenvalue weighted by Crippen LogP contribution is 2.25. The SMILES string of the molecule is Cc1ccc(C(=O)N/N=C\c2ccc(N(C)C)c(Br)c2)o1. The summed E-state index contributed by atoms with van der Waals surface area (Å²) in [7, 11) is 3.94. The zero-order valence-electron chi connectivity index (χ0n) is 12.1. The van der Waals surface area contributed by atoms with Crippen LogP contribution in [0.2, 0.25) is 0 Å². The van der Waals surface area contributed by atoms with Gasteiger partial charge in [0.15, 0.2) is 5.76 Å². The van der Waals surface area contributed by atoms with Crippen molar-refractivity contribution in [2.45, 2.75) is 6.92 Å². The van der Waals surface area contributed by atoms with Crippen LogP contribution in [0.5, 0.6) is 0 Å². The smallest absolute Gasteiger partial charge is 0.307 e. The number of amides is 1. The van der Waals surface area contributed by atoms with Crippen LogP contribution in [0, 0.1) is 6.92 Å². The Labute approximate surface area is 131 Å². The Balaban J connectivity index is 2.01. The van der Waals surface area contributed by atoms with Crippen molar-refractivity contribution in [3.63, 3.8) is 0 Å². The maximum absolute atomic E-state index is 11.7. The van der Waals surface area contributed by atoms with Crippen LogP contribution in [0.1, 0.15) is 21.9 Å². The average molecular weight is 350 g/mol. The van der Waals surface area contributed by atoms with E-state index in [1.165, 1.54) is 0 Å². The lowest BCUT2D eigenvalue weighted by molar-refractivity contribution is 0.0926. The third kappa shape index (κ3) is 3.95. The fourth-order valence-corrected chi connectivity index (χ4v) is 2.49. The first-order chi connectivity index (χ1) is 9.97. The van der Waals surface area contributed by atoms with Crippen molar-refractivity contribution >= 4 is 33.7 Å². The molecule has 6 heteroatoms. The summed E-state index contributed by atoms with van der Waals surface area (Å²) in [6.45, 7) is 1.78. The molecule has 0 saturated heterocycles. The van der Waals surface area contributed by atoms with E-state index in [0.29, 0.717) is 5.76 Å². The normalized spacial score (nSPS) is 10.9. The van der Waals surface area contributed by atoms with Gasteiger partial charge in [0.1, 0.15) is 5.76 Å². The minimum absolute atomic E-state index is 0.244. The fourth-order valence-electron chi connectivity index (χ4n) is 1.74. The Morgan fingerprint density at radius 1 is 1.33 bits per heavy atom. The minimum atomic E-state index is -0.372. The van der Waals surface area contributed by atoms with Gasteiger partial charge >= 0.3 is 5.91 Å². The van der Waals surface area contributed by atoms with Crippen molar-refractivity contribution in [1.29, 1.82) is 0 Å². The Bertz CT molecular complexity index is 677. The number of hydrogen-bond acceptors (Lipinski definition) is 4. The first-order valence-corrected chi connectivity index (χ1v) is 7.13. The lowest BCUT2D eigenvalue weighted by Gasteiger charge is -2.14. The molecule has 1 N–H and O–H groups in total. The Morgan fingerprint density at radius 2 is 2.10 bits per heavy atom. The van der Waals surface area contributed by atoms with Gasteiger partial charge in [-0.2, -0.15) is 5.10 Å². The highest BCUT2D eigenvalue weighted by atomic mass is 79.9. The number of hydrazone groups is 1. The molecule has 0 unspecified atom stereocenters. The number of carbonyl (C=O) groups is 1. The monoisotopic (exact) mass is 349 g/mol. The van der Waals surface area contributed by atoms with Gasteiger partial charge < -0.3 is 9.32 Å². The van der Waals surface area contributed by atoms with E-state index < -0.39 is 0 Å². The van der Waals surface area contributed by atoms with E-state index in [4.69, 9.17) is 4.42 Å². The molecule has 0 radical (unpaired) electrons. The Morgan fingerprint density at radius 3 is 2.67 bits per heavy atom. The summed E-state index contributed by atoms with van der Waals surface area (Å²) in [6, 6.07) is 9.18. The number of nitrogens with one attached hydrogen (secondary N) is 1. The van der Waals surface area contributed by atoms with Gasteiger partial charge in [0.25, 0.3) is 0 Å². The van der Waals surface area contributed by atoms with Gasteiger partial charge in [-0.15, -0.1) is 0 Å². The van der Waals surface area contributed by atoms with Crippen molar-refractivity contribution in [3.8, 4) is 0 Å². The van der Waals surface area contributed by atoms with Gasteiger partial charge in [-0.05, 0) is 52.7 Å². The van der Waals surface area contributed by atoms with Crippen molar-refractivity contribution in [3.05, 3.63) is 51.9 Å². The first kappa shape index (κ1) is 15.3. The lowest BCUT2D eigenvalue weighted by Crippen LogP contribution is -2.16. The summed E-state index contributed by atoms with van der Waals surface area (Å²) >= 11 is 3.50. The summed E-state index contributed by atoms with van der Waals surface area (Å²) in [5, 5.41) is 3.92. The molecule has 0 aliphatic heterocycles. The number of rotatable bonds is 4. The van der Waals surface area contributed by atoms with E-state index in [1.807, 2.05) is 37.2 Å². The van der Waals surface area contributed by atoms with Gasteiger partial charge in [0.05, 0.1) is 11.9 Å². The Kier molecular flexibility index (Phi) is 4.80. The zero-order chi connectivity index (χ0) is 15.4. The van der Waals surface area contributed by atoms with Crippen LogP contribution in [-0.4, -0.2) is 26.2 Å². The molecule has 21 heavy (non-hydrogen) atoms. The Hall–Kier alpha value is -2.08. The van der Waals surface area contributed by atoms with Crippen molar-refractivity contribution in [1.82, 2.24) is 5.43 Å². The van der Waals surface area contributed by atoms with Crippen LogP contribution in [-0.2, 0) is 0 Å². The van der Waals surface area contributed by atoms with Crippen molar-refractivity contribution in [2.24, 2.45) is 5.10 Å². The molecular weight excluding hydrogens is 334 g/mol. The molecule has 0 saturated carbocycles. The number of anilines is 1. The molecule has 2 aromatic rings. The molecule has 0 spiro atoms. The molecular formula is C15H16BrN3O2. The van der Waals surface area contributed by atoms with Gasteiger partial charge in [0.2, 0.25) is 0 Å². The first-order valence-electron chi connectivity index (χ1n) is 6.34. The summed E-state index contributed by atoms with van der Waals surface area (Å²) in [4.78, 5) is 13.7. The molecule has 1 amide bonds. The number of hydrogen-bond donors (Lipinski definition) is 1. The number of carbonyl (C=O) groups excluding carboxylic acids is 1. The van der Waals surface area contributed by atoms with Crippen LogP contribution in [0.4, 0.5) is 5.69 Å². The second kappa shape index (κ2) is 6.58. The van der Waals surface area contributed by atoms with E-state index >= 15 is 0 Å². The van der Waals surface area contributed by atoms with Crippen LogP contribution in [0.25, 0.3) is 0 Å². The fraction of sp³-hybridized carbons (Fsp3) is 0.200. The van der Waals surface area contributed by atoms with Crippen LogP contribution < -0.4 is 10.3 Å². The predicted octanol–water partition coefficient (Wildman–Crippen LogP) is 3.18.